The lowest BCUT2D eigenvalue weighted by Gasteiger charge is -2.19. The van der Waals surface area contributed by atoms with Crippen molar-refractivity contribution in [2.45, 2.75) is 18.0 Å². The van der Waals surface area contributed by atoms with E-state index in [2.05, 4.69) is 15.9 Å². The molecule has 0 saturated carbocycles. The molecule has 0 atom stereocenters. The highest BCUT2D eigenvalue weighted by Gasteiger charge is 2.17. The number of aliphatic hydroxyl groups excluding tert-OH is 1. The van der Waals surface area contributed by atoms with Crippen LogP contribution in [0.3, 0.4) is 0 Å². The quantitative estimate of drug-likeness (QED) is 0.706. The van der Waals surface area contributed by atoms with Gasteiger partial charge in [-0.25, -0.2) is 9.10 Å². The number of rotatable bonds is 5. The van der Waals surface area contributed by atoms with Crippen LogP contribution in [-0.4, -0.2) is 20.6 Å². The summed E-state index contributed by atoms with van der Waals surface area (Å²) in [6, 6.07) is 12.4. The lowest BCUT2D eigenvalue weighted by Crippen LogP contribution is -2.21. The Kier molecular flexibility index (Phi) is 6.14. The first kappa shape index (κ1) is 17.1. The summed E-state index contributed by atoms with van der Waals surface area (Å²) < 4.78 is 2.02. The molecule has 0 heterocycles. The Morgan fingerprint density at radius 3 is 2.68 bits per heavy atom. The van der Waals surface area contributed by atoms with Crippen LogP contribution < -0.4 is 0 Å². The number of hydrogen-bond donors (Lipinski definition) is 2. The van der Waals surface area contributed by atoms with Crippen molar-refractivity contribution in [2.75, 3.05) is 0 Å². The molecule has 0 aromatic heterocycles. The smallest absolute Gasteiger partial charge is 0.418 e. The van der Waals surface area contributed by atoms with Crippen molar-refractivity contribution in [1.82, 2.24) is 4.31 Å². The van der Waals surface area contributed by atoms with Crippen molar-refractivity contribution in [3.05, 3.63) is 63.1 Å². The van der Waals surface area contributed by atoms with Gasteiger partial charge in [-0.05, 0) is 47.3 Å². The number of carboxylic acid groups (broad SMARTS) is 1. The van der Waals surface area contributed by atoms with Gasteiger partial charge in [0.2, 0.25) is 0 Å². The van der Waals surface area contributed by atoms with Crippen molar-refractivity contribution in [2.24, 2.45) is 0 Å². The van der Waals surface area contributed by atoms with Gasteiger partial charge < -0.3 is 10.2 Å². The first-order chi connectivity index (χ1) is 10.5. The summed E-state index contributed by atoms with van der Waals surface area (Å²) in [5.41, 5.74) is 1.47. The Hall–Kier alpha value is -1.21. The highest BCUT2D eigenvalue weighted by atomic mass is 79.9. The normalized spacial score (nSPS) is 10.5. The van der Waals surface area contributed by atoms with Crippen LogP contribution in [0.5, 0.6) is 0 Å². The molecule has 0 unspecified atom stereocenters. The van der Waals surface area contributed by atoms with Crippen molar-refractivity contribution >= 4 is 45.6 Å². The molecule has 0 fully saturated rings. The average Bonchev–Trinajstić information content (AvgIpc) is 2.47. The van der Waals surface area contributed by atoms with Gasteiger partial charge >= 0.3 is 6.09 Å². The molecule has 0 aliphatic rings. The number of nitrogens with zero attached hydrogens (tertiary/aromatic N) is 1. The van der Waals surface area contributed by atoms with E-state index in [4.69, 9.17) is 11.6 Å². The number of halogens is 2. The lowest BCUT2D eigenvalue weighted by atomic mass is 10.2. The fourth-order valence-corrected chi connectivity index (χ4v) is 3.49. The average molecular weight is 403 g/mol. The molecule has 0 bridgehead atoms. The highest BCUT2D eigenvalue weighted by molar-refractivity contribution is 9.10. The molecule has 4 nitrogen and oxygen atoms in total. The molecule has 7 heteroatoms. The molecule has 22 heavy (non-hydrogen) atoms. The van der Waals surface area contributed by atoms with Gasteiger partial charge in [0.15, 0.2) is 0 Å². The molecule has 2 rings (SSSR count). The Balaban J connectivity index is 2.22. The van der Waals surface area contributed by atoms with E-state index in [1.54, 1.807) is 36.4 Å². The maximum Gasteiger partial charge on any atom is 0.418 e. The van der Waals surface area contributed by atoms with Crippen LogP contribution in [0.1, 0.15) is 11.1 Å². The number of amides is 1. The minimum absolute atomic E-state index is 0.153. The molecule has 0 radical (unpaired) electrons. The predicted octanol–water partition coefficient (Wildman–Crippen LogP) is 4.78. The Morgan fingerprint density at radius 2 is 2.05 bits per heavy atom. The number of carbonyl (C=O) groups is 1. The third-order valence-corrected chi connectivity index (χ3v) is 4.65. The van der Waals surface area contributed by atoms with Gasteiger partial charge in [0.05, 0.1) is 13.2 Å². The van der Waals surface area contributed by atoms with Gasteiger partial charge in [-0.2, -0.15) is 0 Å². The summed E-state index contributed by atoms with van der Waals surface area (Å²) in [5, 5.41) is 19.3. The van der Waals surface area contributed by atoms with Gasteiger partial charge in [0.25, 0.3) is 0 Å². The van der Waals surface area contributed by atoms with Crippen LogP contribution in [0.4, 0.5) is 4.79 Å². The van der Waals surface area contributed by atoms with Gasteiger partial charge in [0, 0.05) is 14.4 Å². The van der Waals surface area contributed by atoms with Crippen LogP contribution in [0.25, 0.3) is 0 Å². The Bertz CT molecular complexity index is 684. The predicted molar refractivity (Wildman–Crippen MR) is 90.9 cm³/mol. The molecule has 0 saturated heterocycles. The van der Waals surface area contributed by atoms with Crippen molar-refractivity contribution in [1.29, 1.82) is 0 Å². The Labute approximate surface area is 146 Å². The molecule has 0 aliphatic heterocycles. The van der Waals surface area contributed by atoms with Crippen LogP contribution >= 0.6 is 39.5 Å². The number of aliphatic hydroxyl groups is 1. The molecule has 2 aromatic rings. The first-order valence-electron chi connectivity index (χ1n) is 6.31. The summed E-state index contributed by atoms with van der Waals surface area (Å²) in [6.07, 6.45) is -1.06. The zero-order valence-electron chi connectivity index (χ0n) is 11.4. The van der Waals surface area contributed by atoms with Crippen molar-refractivity contribution in [3.8, 4) is 0 Å². The monoisotopic (exact) mass is 401 g/mol. The summed E-state index contributed by atoms with van der Waals surface area (Å²) in [6.45, 7) is 0.0399. The summed E-state index contributed by atoms with van der Waals surface area (Å²) in [7, 11) is 0. The van der Waals surface area contributed by atoms with Gasteiger partial charge in [-0.15, -0.1) is 0 Å². The maximum atomic E-state index is 11.5. The minimum Gasteiger partial charge on any atom is -0.464 e. The van der Waals surface area contributed by atoms with Gasteiger partial charge in [-0.3, -0.25) is 0 Å². The highest BCUT2D eigenvalue weighted by Crippen LogP contribution is 2.31. The Morgan fingerprint density at radius 1 is 1.27 bits per heavy atom. The summed E-state index contributed by atoms with van der Waals surface area (Å²) >= 11 is 10.3. The topological polar surface area (TPSA) is 60.8 Å². The zero-order chi connectivity index (χ0) is 16.1. The number of benzene rings is 2. The van der Waals surface area contributed by atoms with E-state index in [0.717, 1.165) is 22.0 Å². The SMILES string of the molecule is O=C(O)N(Cc1cccc(Cl)c1)Sc1cc(Br)ccc1CO. The molecule has 2 N–H and O–H groups in total. The number of hydrogen-bond acceptors (Lipinski definition) is 3. The molecular formula is C15H13BrClNO3S. The molecule has 2 aromatic carbocycles. The summed E-state index contributed by atoms with van der Waals surface area (Å²) in [5.74, 6) is 0. The first-order valence-corrected chi connectivity index (χ1v) is 8.26. The molecule has 0 aliphatic carbocycles. The summed E-state index contributed by atoms with van der Waals surface area (Å²) in [4.78, 5) is 12.2. The van der Waals surface area contributed by atoms with E-state index >= 15 is 0 Å². The standard InChI is InChI=1S/C15H13BrClNO3S/c16-12-5-4-11(9-19)14(7-12)22-18(15(20)21)8-10-2-1-3-13(17)6-10/h1-7,19H,8-9H2,(H,20,21). The molecule has 1 amide bonds. The molecular weight excluding hydrogens is 390 g/mol. The maximum absolute atomic E-state index is 11.5. The van der Waals surface area contributed by atoms with Crippen LogP contribution in [0.15, 0.2) is 51.8 Å². The van der Waals surface area contributed by atoms with Gasteiger partial charge in [-0.1, -0.05) is 45.7 Å². The van der Waals surface area contributed by atoms with E-state index in [1.165, 1.54) is 4.31 Å². The second-order valence-corrected chi connectivity index (χ2v) is 6.87. The fraction of sp³-hybridized carbons (Fsp3) is 0.133. The van der Waals surface area contributed by atoms with E-state index in [-0.39, 0.29) is 13.2 Å². The van der Waals surface area contributed by atoms with Crippen molar-refractivity contribution in [3.63, 3.8) is 0 Å². The third kappa shape index (κ3) is 4.64. The minimum atomic E-state index is -1.06. The zero-order valence-corrected chi connectivity index (χ0v) is 14.5. The van der Waals surface area contributed by atoms with Crippen molar-refractivity contribution < 1.29 is 15.0 Å². The van der Waals surface area contributed by atoms with Gasteiger partial charge in [0.1, 0.15) is 0 Å². The van der Waals surface area contributed by atoms with E-state index in [1.807, 2.05) is 6.07 Å². The largest absolute Gasteiger partial charge is 0.464 e. The fourth-order valence-electron chi connectivity index (χ4n) is 1.80. The lowest BCUT2D eigenvalue weighted by molar-refractivity contribution is 0.174. The van der Waals surface area contributed by atoms with Crippen LogP contribution in [-0.2, 0) is 13.2 Å². The van der Waals surface area contributed by atoms with E-state index in [0.29, 0.717) is 15.5 Å². The van der Waals surface area contributed by atoms with Crippen LogP contribution in [0, 0.1) is 0 Å². The van der Waals surface area contributed by atoms with E-state index < -0.39 is 6.09 Å². The second kappa shape index (κ2) is 7.87. The third-order valence-electron chi connectivity index (χ3n) is 2.84. The van der Waals surface area contributed by atoms with E-state index in [9.17, 15) is 15.0 Å². The second-order valence-electron chi connectivity index (χ2n) is 4.45. The van der Waals surface area contributed by atoms with Crippen LogP contribution in [0.2, 0.25) is 5.02 Å². The molecule has 0 spiro atoms. The molecule has 116 valence electrons.